The van der Waals surface area contributed by atoms with E-state index in [1.807, 2.05) is 28.7 Å². The van der Waals surface area contributed by atoms with E-state index in [0.717, 1.165) is 18.8 Å². The number of morpholine rings is 1. The van der Waals surface area contributed by atoms with Gasteiger partial charge in [-0.2, -0.15) is 0 Å². The van der Waals surface area contributed by atoms with Gasteiger partial charge in [0.2, 0.25) is 0 Å². The molecule has 2 nitrogen and oxygen atoms in total. The Labute approximate surface area is 107 Å². The van der Waals surface area contributed by atoms with E-state index < -0.39 is 6.43 Å². The number of ether oxygens (including phenoxy) is 1. The van der Waals surface area contributed by atoms with E-state index in [4.69, 9.17) is 4.74 Å². The van der Waals surface area contributed by atoms with Gasteiger partial charge < -0.3 is 9.64 Å². The van der Waals surface area contributed by atoms with Crippen molar-refractivity contribution in [3.05, 3.63) is 27.3 Å². The van der Waals surface area contributed by atoms with Gasteiger partial charge in [-0.3, -0.25) is 0 Å². The van der Waals surface area contributed by atoms with E-state index in [1.165, 1.54) is 0 Å². The number of alkyl halides is 2. The molecule has 5 heteroatoms. The van der Waals surface area contributed by atoms with Crippen LogP contribution in [0, 0.1) is 3.57 Å². The quantitative estimate of drug-likeness (QED) is 0.768. The molecule has 1 fully saturated rings. The first-order valence-corrected chi connectivity index (χ1v) is 6.16. The fourth-order valence-electron chi connectivity index (χ4n) is 1.72. The number of hydrogen-bond acceptors (Lipinski definition) is 2. The van der Waals surface area contributed by atoms with E-state index in [1.54, 1.807) is 12.1 Å². The van der Waals surface area contributed by atoms with Crippen LogP contribution in [-0.2, 0) is 4.74 Å². The van der Waals surface area contributed by atoms with Crippen LogP contribution in [-0.4, -0.2) is 26.3 Å². The maximum Gasteiger partial charge on any atom is 0.264 e. The first-order chi connectivity index (χ1) is 7.68. The lowest BCUT2D eigenvalue weighted by Gasteiger charge is -2.29. The van der Waals surface area contributed by atoms with Gasteiger partial charge in [-0.25, -0.2) is 8.78 Å². The van der Waals surface area contributed by atoms with Crippen LogP contribution in [0.1, 0.15) is 12.0 Å². The molecule has 1 aliphatic heterocycles. The van der Waals surface area contributed by atoms with Gasteiger partial charge in [-0.05, 0) is 40.8 Å². The van der Waals surface area contributed by atoms with Gasteiger partial charge in [-0.1, -0.05) is 0 Å². The fraction of sp³-hybridized carbons (Fsp3) is 0.455. The maximum atomic E-state index is 12.7. The fourth-order valence-corrected chi connectivity index (χ4v) is 2.29. The second-order valence-corrected chi connectivity index (χ2v) is 4.77. The predicted octanol–water partition coefficient (Wildman–Crippen LogP) is 3.07. The summed E-state index contributed by atoms with van der Waals surface area (Å²) in [6.07, 6.45) is -2.41. The summed E-state index contributed by atoms with van der Waals surface area (Å²) in [6.45, 7) is 2.86. The highest BCUT2D eigenvalue weighted by atomic mass is 127. The van der Waals surface area contributed by atoms with Crippen molar-refractivity contribution in [1.82, 2.24) is 0 Å². The van der Waals surface area contributed by atoms with Crippen LogP contribution in [0.5, 0.6) is 0 Å². The summed E-state index contributed by atoms with van der Waals surface area (Å²) < 4.78 is 31.3. The zero-order valence-corrected chi connectivity index (χ0v) is 10.8. The Morgan fingerprint density at radius 1 is 1.25 bits per heavy atom. The molecular formula is C11H12F2INO. The third-order valence-corrected chi connectivity index (χ3v) is 3.57. The van der Waals surface area contributed by atoms with Crippen LogP contribution in [0.3, 0.4) is 0 Å². The van der Waals surface area contributed by atoms with E-state index in [-0.39, 0.29) is 5.56 Å². The molecule has 1 saturated heterocycles. The Bertz CT molecular complexity index is 367. The molecule has 0 N–H and O–H groups in total. The Morgan fingerprint density at radius 2 is 1.94 bits per heavy atom. The molecule has 0 aromatic heterocycles. The standard InChI is InChI=1S/C11H12F2INO/c12-11(13)9-7-8(1-2-10(9)14)15-3-5-16-6-4-15/h1-2,7,11H,3-6H2. The van der Waals surface area contributed by atoms with E-state index in [0.29, 0.717) is 16.8 Å². The van der Waals surface area contributed by atoms with Crippen molar-refractivity contribution in [3.63, 3.8) is 0 Å². The molecule has 2 rings (SSSR count). The molecule has 0 bridgehead atoms. The zero-order chi connectivity index (χ0) is 11.5. The van der Waals surface area contributed by atoms with Crippen LogP contribution in [0.2, 0.25) is 0 Å². The molecule has 1 aromatic carbocycles. The highest BCUT2D eigenvalue weighted by molar-refractivity contribution is 14.1. The second kappa shape index (κ2) is 5.27. The number of benzene rings is 1. The summed E-state index contributed by atoms with van der Waals surface area (Å²) in [4.78, 5) is 2.07. The largest absolute Gasteiger partial charge is 0.378 e. The number of rotatable bonds is 2. The van der Waals surface area contributed by atoms with Crippen molar-refractivity contribution in [2.45, 2.75) is 6.43 Å². The Hall–Kier alpha value is -0.430. The maximum absolute atomic E-state index is 12.7. The molecule has 1 aromatic rings. The molecule has 16 heavy (non-hydrogen) atoms. The molecule has 0 unspecified atom stereocenters. The van der Waals surface area contributed by atoms with E-state index >= 15 is 0 Å². The van der Waals surface area contributed by atoms with Crippen molar-refractivity contribution in [3.8, 4) is 0 Å². The molecule has 0 aliphatic carbocycles. The van der Waals surface area contributed by atoms with Gasteiger partial charge >= 0.3 is 0 Å². The average molecular weight is 339 g/mol. The molecule has 1 heterocycles. The van der Waals surface area contributed by atoms with Crippen molar-refractivity contribution < 1.29 is 13.5 Å². The molecule has 0 amide bonds. The second-order valence-electron chi connectivity index (χ2n) is 3.61. The molecule has 1 aliphatic rings. The van der Waals surface area contributed by atoms with Crippen LogP contribution in [0.25, 0.3) is 0 Å². The number of anilines is 1. The van der Waals surface area contributed by atoms with E-state index in [9.17, 15) is 8.78 Å². The summed E-state index contributed by atoms with van der Waals surface area (Å²) in [5.74, 6) is 0. The third-order valence-electron chi connectivity index (χ3n) is 2.59. The van der Waals surface area contributed by atoms with Crippen LogP contribution in [0.4, 0.5) is 14.5 Å². The molecule has 0 spiro atoms. The smallest absolute Gasteiger partial charge is 0.264 e. The molecule has 0 radical (unpaired) electrons. The topological polar surface area (TPSA) is 12.5 Å². The molecule has 0 atom stereocenters. The van der Waals surface area contributed by atoms with Crippen LogP contribution < -0.4 is 4.90 Å². The van der Waals surface area contributed by atoms with Gasteiger partial charge in [0.05, 0.1) is 13.2 Å². The summed E-state index contributed by atoms with van der Waals surface area (Å²) in [7, 11) is 0. The number of halogens is 3. The Morgan fingerprint density at radius 3 is 2.56 bits per heavy atom. The van der Waals surface area contributed by atoms with Gasteiger partial charge in [0.15, 0.2) is 0 Å². The summed E-state index contributed by atoms with van der Waals surface area (Å²) in [6, 6.07) is 5.21. The van der Waals surface area contributed by atoms with Crippen LogP contribution in [0.15, 0.2) is 18.2 Å². The normalized spacial score (nSPS) is 16.9. The monoisotopic (exact) mass is 339 g/mol. The Kier molecular flexibility index (Phi) is 3.96. The first kappa shape index (κ1) is 12.0. The van der Waals surface area contributed by atoms with Crippen LogP contribution >= 0.6 is 22.6 Å². The first-order valence-electron chi connectivity index (χ1n) is 5.09. The lowest BCUT2D eigenvalue weighted by atomic mass is 10.2. The van der Waals surface area contributed by atoms with Gasteiger partial charge in [0, 0.05) is 27.9 Å². The lowest BCUT2D eigenvalue weighted by Crippen LogP contribution is -2.36. The number of nitrogens with zero attached hydrogens (tertiary/aromatic N) is 1. The average Bonchev–Trinajstić information content (AvgIpc) is 2.30. The van der Waals surface area contributed by atoms with Crippen molar-refractivity contribution in [1.29, 1.82) is 0 Å². The van der Waals surface area contributed by atoms with Crippen molar-refractivity contribution >= 4 is 28.3 Å². The van der Waals surface area contributed by atoms with Crippen molar-refractivity contribution in [2.75, 3.05) is 31.2 Å². The minimum Gasteiger partial charge on any atom is -0.378 e. The van der Waals surface area contributed by atoms with Gasteiger partial charge in [0.25, 0.3) is 6.43 Å². The summed E-state index contributed by atoms with van der Waals surface area (Å²) in [5, 5.41) is 0. The molecule has 88 valence electrons. The van der Waals surface area contributed by atoms with Crippen molar-refractivity contribution in [2.24, 2.45) is 0 Å². The molecule has 0 saturated carbocycles. The highest BCUT2D eigenvalue weighted by Gasteiger charge is 2.16. The molecular weight excluding hydrogens is 327 g/mol. The summed E-state index contributed by atoms with van der Waals surface area (Å²) in [5.41, 5.74) is 0.976. The predicted molar refractivity (Wildman–Crippen MR) is 67.1 cm³/mol. The van der Waals surface area contributed by atoms with E-state index in [2.05, 4.69) is 4.90 Å². The van der Waals surface area contributed by atoms with Gasteiger partial charge in [0.1, 0.15) is 0 Å². The lowest BCUT2D eigenvalue weighted by molar-refractivity contribution is 0.122. The number of hydrogen-bond donors (Lipinski definition) is 0. The van der Waals surface area contributed by atoms with Gasteiger partial charge in [-0.15, -0.1) is 0 Å². The minimum absolute atomic E-state index is 0.115. The minimum atomic E-state index is -2.41. The highest BCUT2D eigenvalue weighted by Crippen LogP contribution is 2.29. The Balaban J connectivity index is 2.24. The summed E-state index contributed by atoms with van der Waals surface area (Å²) >= 11 is 1.94. The third kappa shape index (κ3) is 2.63. The SMILES string of the molecule is FC(F)c1cc(N2CCOCC2)ccc1I. The zero-order valence-electron chi connectivity index (χ0n) is 8.63.